The third-order valence-electron chi connectivity index (χ3n) is 2.98. The Morgan fingerprint density at radius 2 is 2.00 bits per heavy atom. The summed E-state index contributed by atoms with van der Waals surface area (Å²) in [5, 5.41) is 0. The van der Waals surface area contributed by atoms with Gasteiger partial charge in [-0.05, 0) is 47.0 Å². The van der Waals surface area contributed by atoms with Crippen molar-refractivity contribution in [3.63, 3.8) is 0 Å². The second-order valence-electron chi connectivity index (χ2n) is 4.35. The molecule has 0 radical (unpaired) electrons. The number of rotatable bonds is 1. The molecule has 0 spiro atoms. The van der Waals surface area contributed by atoms with Gasteiger partial charge in [-0.25, -0.2) is 0 Å². The Labute approximate surface area is 121 Å². The van der Waals surface area contributed by atoms with Gasteiger partial charge in [0.2, 0.25) is 0 Å². The molecule has 1 fully saturated rings. The molecule has 0 N–H and O–H groups in total. The van der Waals surface area contributed by atoms with Crippen LogP contribution in [0.4, 0.5) is 18.9 Å². The molecule has 2 rings (SSSR count). The van der Waals surface area contributed by atoms with Gasteiger partial charge in [0.05, 0.1) is 11.3 Å². The fourth-order valence-corrected chi connectivity index (χ4v) is 3.39. The fraction of sp³-hybridized carbons (Fsp3) is 0.500. The van der Waals surface area contributed by atoms with Crippen LogP contribution in [0, 0.1) is 0 Å². The van der Waals surface area contributed by atoms with Gasteiger partial charge >= 0.3 is 6.18 Å². The van der Waals surface area contributed by atoms with Crippen LogP contribution in [0.15, 0.2) is 22.7 Å². The molecule has 1 unspecified atom stereocenters. The van der Waals surface area contributed by atoms with Crippen molar-refractivity contribution in [3.05, 3.63) is 28.2 Å². The van der Waals surface area contributed by atoms with E-state index in [9.17, 15) is 13.2 Å². The molecule has 1 aliphatic rings. The molecule has 1 heterocycles. The summed E-state index contributed by atoms with van der Waals surface area (Å²) in [6.07, 6.45) is -2.14. The zero-order chi connectivity index (χ0) is 13.3. The monoisotopic (exact) mass is 385 g/mol. The lowest BCUT2D eigenvalue weighted by atomic mass is 10.1. The molecule has 0 aromatic heterocycles. The van der Waals surface area contributed by atoms with Gasteiger partial charge < -0.3 is 4.90 Å². The van der Waals surface area contributed by atoms with E-state index in [0.29, 0.717) is 9.30 Å². The van der Waals surface area contributed by atoms with Crippen molar-refractivity contribution in [2.24, 2.45) is 0 Å². The predicted octanol–water partition coefficient (Wildman–Crippen LogP) is 4.83. The van der Waals surface area contributed by atoms with Crippen molar-refractivity contribution < 1.29 is 13.2 Å². The molecule has 1 atom stereocenters. The summed E-state index contributed by atoms with van der Waals surface area (Å²) in [5.74, 6) is 0. The number of benzene rings is 1. The number of nitrogens with zero attached hydrogens (tertiary/aromatic N) is 1. The van der Waals surface area contributed by atoms with Crippen molar-refractivity contribution in [2.45, 2.75) is 23.8 Å². The normalized spacial score (nSPS) is 21.2. The Balaban J connectivity index is 2.24. The molecule has 1 aromatic carbocycles. The highest BCUT2D eigenvalue weighted by Gasteiger charge is 2.31. The molecule has 0 bridgehead atoms. The van der Waals surface area contributed by atoms with Gasteiger partial charge in [-0.1, -0.05) is 15.9 Å². The van der Waals surface area contributed by atoms with Crippen LogP contribution in [0.5, 0.6) is 0 Å². The SMILES string of the molecule is FC(F)(F)c1ccc(N2CCCC(Br)C2)c(Br)c1. The number of halogens is 5. The van der Waals surface area contributed by atoms with Crippen molar-refractivity contribution in [2.75, 3.05) is 18.0 Å². The largest absolute Gasteiger partial charge is 0.416 e. The van der Waals surface area contributed by atoms with Gasteiger partial charge in [-0.2, -0.15) is 13.2 Å². The summed E-state index contributed by atoms with van der Waals surface area (Å²) >= 11 is 6.80. The molecule has 0 saturated carbocycles. The maximum Gasteiger partial charge on any atom is 0.416 e. The third kappa shape index (κ3) is 3.20. The number of piperidine rings is 1. The Bertz CT molecular complexity index is 434. The molecule has 0 amide bonds. The van der Waals surface area contributed by atoms with E-state index in [1.807, 2.05) is 0 Å². The predicted molar refractivity (Wildman–Crippen MR) is 73.3 cm³/mol. The Hall–Kier alpha value is -0.230. The Kier molecular flexibility index (Phi) is 4.26. The Morgan fingerprint density at radius 1 is 1.28 bits per heavy atom. The molecule has 6 heteroatoms. The average Bonchev–Trinajstić information content (AvgIpc) is 2.27. The van der Waals surface area contributed by atoms with Crippen LogP contribution in [-0.4, -0.2) is 17.9 Å². The van der Waals surface area contributed by atoms with Crippen LogP contribution >= 0.6 is 31.9 Å². The first-order valence-corrected chi connectivity index (χ1v) is 7.34. The van der Waals surface area contributed by atoms with E-state index in [0.717, 1.165) is 43.8 Å². The number of anilines is 1. The van der Waals surface area contributed by atoms with Gasteiger partial charge in [-0.3, -0.25) is 0 Å². The van der Waals surface area contributed by atoms with E-state index in [2.05, 4.69) is 36.8 Å². The summed E-state index contributed by atoms with van der Waals surface area (Å²) in [5.41, 5.74) is 0.206. The van der Waals surface area contributed by atoms with Crippen LogP contribution in [0.3, 0.4) is 0 Å². The lowest BCUT2D eigenvalue weighted by Crippen LogP contribution is -2.35. The average molecular weight is 387 g/mol. The minimum atomic E-state index is -4.29. The minimum absolute atomic E-state index is 0.403. The molecule has 0 aliphatic carbocycles. The molecule has 1 aliphatic heterocycles. The van der Waals surface area contributed by atoms with Gasteiger partial charge in [0.15, 0.2) is 0 Å². The van der Waals surface area contributed by atoms with Crippen molar-refractivity contribution in [1.29, 1.82) is 0 Å². The molecule has 1 nitrogen and oxygen atoms in total. The Morgan fingerprint density at radius 3 is 2.56 bits per heavy atom. The second kappa shape index (κ2) is 5.41. The molecular weight excluding hydrogens is 375 g/mol. The highest BCUT2D eigenvalue weighted by Crippen LogP contribution is 2.36. The molecule has 100 valence electrons. The molecule has 1 aromatic rings. The van der Waals surface area contributed by atoms with E-state index < -0.39 is 11.7 Å². The van der Waals surface area contributed by atoms with Crippen LogP contribution in [0.25, 0.3) is 0 Å². The van der Waals surface area contributed by atoms with E-state index in [4.69, 9.17) is 0 Å². The van der Waals surface area contributed by atoms with E-state index in [-0.39, 0.29) is 0 Å². The van der Waals surface area contributed by atoms with Gasteiger partial charge in [0.25, 0.3) is 0 Å². The maximum absolute atomic E-state index is 12.6. The van der Waals surface area contributed by atoms with Gasteiger partial charge in [-0.15, -0.1) is 0 Å². The highest BCUT2D eigenvalue weighted by molar-refractivity contribution is 9.10. The summed E-state index contributed by atoms with van der Waals surface area (Å²) in [4.78, 5) is 2.51. The van der Waals surface area contributed by atoms with Crippen LogP contribution in [0.1, 0.15) is 18.4 Å². The number of hydrogen-bond donors (Lipinski definition) is 0. The van der Waals surface area contributed by atoms with Gasteiger partial charge in [0, 0.05) is 22.4 Å². The first-order valence-electron chi connectivity index (χ1n) is 5.63. The van der Waals surface area contributed by atoms with E-state index in [1.54, 1.807) is 0 Å². The van der Waals surface area contributed by atoms with Crippen molar-refractivity contribution >= 4 is 37.5 Å². The number of hydrogen-bond acceptors (Lipinski definition) is 1. The van der Waals surface area contributed by atoms with Crippen LogP contribution < -0.4 is 4.90 Å². The summed E-state index contributed by atoms with van der Waals surface area (Å²) in [6, 6.07) is 3.82. The first kappa shape index (κ1) is 14.2. The van der Waals surface area contributed by atoms with Gasteiger partial charge in [0.1, 0.15) is 0 Å². The summed E-state index contributed by atoms with van der Waals surface area (Å²) in [7, 11) is 0. The molecule has 1 saturated heterocycles. The highest BCUT2D eigenvalue weighted by atomic mass is 79.9. The lowest BCUT2D eigenvalue weighted by Gasteiger charge is -2.32. The smallest absolute Gasteiger partial charge is 0.370 e. The standard InChI is InChI=1S/C12H12Br2F3N/c13-9-2-1-5-18(7-9)11-4-3-8(6-10(11)14)12(15,16)17/h3-4,6,9H,1-2,5,7H2. The topological polar surface area (TPSA) is 3.24 Å². The van der Waals surface area contributed by atoms with Crippen molar-refractivity contribution in [3.8, 4) is 0 Å². The quantitative estimate of drug-likeness (QED) is 0.624. The molecular formula is C12H12Br2F3N. The molecule has 18 heavy (non-hydrogen) atoms. The second-order valence-corrected chi connectivity index (χ2v) is 6.50. The zero-order valence-corrected chi connectivity index (χ0v) is 12.6. The van der Waals surface area contributed by atoms with E-state index >= 15 is 0 Å². The lowest BCUT2D eigenvalue weighted by molar-refractivity contribution is -0.137. The van der Waals surface area contributed by atoms with Crippen molar-refractivity contribution in [1.82, 2.24) is 0 Å². The zero-order valence-electron chi connectivity index (χ0n) is 9.47. The van der Waals surface area contributed by atoms with Crippen LogP contribution in [-0.2, 0) is 6.18 Å². The minimum Gasteiger partial charge on any atom is -0.370 e. The fourth-order valence-electron chi connectivity index (χ4n) is 2.08. The maximum atomic E-state index is 12.6. The first-order chi connectivity index (χ1) is 8.38. The number of alkyl halides is 4. The third-order valence-corrected chi connectivity index (χ3v) is 4.36. The van der Waals surface area contributed by atoms with Crippen LogP contribution in [0.2, 0.25) is 0 Å². The van der Waals surface area contributed by atoms with E-state index in [1.165, 1.54) is 6.07 Å². The summed E-state index contributed by atoms with van der Waals surface area (Å²) < 4.78 is 38.2. The summed E-state index contributed by atoms with van der Waals surface area (Å²) in [6.45, 7) is 1.70.